The molecule has 1 aromatic heterocycles. The molecule has 5 nitrogen and oxygen atoms in total. The molecule has 0 saturated carbocycles. The number of hydrogen-bond acceptors (Lipinski definition) is 3. The van der Waals surface area contributed by atoms with Crippen LogP contribution in [0, 0.1) is 0 Å². The van der Waals surface area contributed by atoms with E-state index < -0.39 is 0 Å². The van der Waals surface area contributed by atoms with E-state index in [1.807, 2.05) is 18.2 Å². The fourth-order valence-corrected chi connectivity index (χ4v) is 2.72. The lowest BCUT2D eigenvalue weighted by Gasteiger charge is -2.10. The van der Waals surface area contributed by atoms with Gasteiger partial charge in [-0.25, -0.2) is 5.43 Å². The number of carbonyl (C=O) groups excluding carboxylic acids is 1. The predicted octanol–water partition coefficient (Wildman–Crippen LogP) is 4.89. The molecular formula is C19H15Cl2N3O2. The van der Waals surface area contributed by atoms with Gasteiger partial charge in [-0.15, -0.1) is 0 Å². The Morgan fingerprint density at radius 1 is 1.12 bits per heavy atom. The largest absolute Gasteiger partial charge is 0.455 e. The molecule has 0 spiro atoms. The van der Waals surface area contributed by atoms with E-state index in [2.05, 4.69) is 10.5 Å². The Bertz CT molecular complexity index is 967. The highest BCUT2D eigenvalue weighted by Crippen LogP contribution is 2.32. The molecule has 0 saturated heterocycles. The van der Waals surface area contributed by atoms with Crippen LogP contribution in [0.4, 0.5) is 0 Å². The molecule has 0 aliphatic carbocycles. The number of hydrazone groups is 1. The first-order valence-corrected chi connectivity index (χ1v) is 8.47. The third-order valence-corrected chi connectivity index (χ3v) is 4.11. The smallest absolute Gasteiger partial charge is 0.287 e. The first-order chi connectivity index (χ1) is 12.5. The number of amides is 1. The minimum absolute atomic E-state index is 0.298. The van der Waals surface area contributed by atoms with Gasteiger partial charge in [0.15, 0.2) is 0 Å². The predicted molar refractivity (Wildman–Crippen MR) is 103 cm³/mol. The second kappa shape index (κ2) is 8.08. The second-order valence-corrected chi connectivity index (χ2v) is 6.26. The maximum absolute atomic E-state index is 12.1. The van der Waals surface area contributed by atoms with Crippen molar-refractivity contribution in [3.8, 4) is 11.5 Å². The molecule has 0 aliphatic heterocycles. The van der Waals surface area contributed by atoms with Crippen molar-refractivity contribution >= 4 is 35.3 Å². The first-order valence-electron chi connectivity index (χ1n) is 7.71. The lowest BCUT2D eigenvalue weighted by Crippen LogP contribution is -2.20. The molecule has 1 amide bonds. The van der Waals surface area contributed by atoms with E-state index >= 15 is 0 Å². The van der Waals surface area contributed by atoms with Crippen LogP contribution >= 0.6 is 23.2 Å². The standard InChI is InChI=1S/C19H15Cl2N3O2/c1-24-10-4-6-16(24)19(25)23-22-12-13-5-2-3-7-17(13)26-18-9-8-14(20)11-15(18)21/h2-12H,1H3,(H,23,25)/b22-12+. The molecule has 0 radical (unpaired) electrons. The number of nitrogens with one attached hydrogen (secondary N) is 1. The molecule has 0 fully saturated rings. The van der Waals surface area contributed by atoms with Gasteiger partial charge in [-0.3, -0.25) is 4.79 Å². The average Bonchev–Trinajstić information content (AvgIpc) is 3.05. The Kier molecular flexibility index (Phi) is 5.61. The Morgan fingerprint density at radius 3 is 2.65 bits per heavy atom. The van der Waals surface area contributed by atoms with Gasteiger partial charge in [-0.2, -0.15) is 5.10 Å². The zero-order valence-corrected chi connectivity index (χ0v) is 15.3. The van der Waals surface area contributed by atoms with Crippen LogP contribution in [0.5, 0.6) is 11.5 Å². The van der Waals surface area contributed by atoms with Gasteiger partial charge in [0.2, 0.25) is 0 Å². The van der Waals surface area contributed by atoms with E-state index in [0.717, 1.165) is 0 Å². The van der Waals surface area contributed by atoms with Gasteiger partial charge in [0, 0.05) is 23.8 Å². The maximum atomic E-state index is 12.1. The van der Waals surface area contributed by atoms with Gasteiger partial charge in [-0.1, -0.05) is 35.3 Å². The molecule has 3 rings (SSSR count). The summed E-state index contributed by atoms with van der Waals surface area (Å²) in [5.41, 5.74) is 3.69. The third-order valence-electron chi connectivity index (χ3n) is 3.58. The highest BCUT2D eigenvalue weighted by atomic mass is 35.5. The van der Waals surface area contributed by atoms with Crippen molar-refractivity contribution in [3.05, 3.63) is 82.1 Å². The van der Waals surface area contributed by atoms with Crippen LogP contribution in [0.25, 0.3) is 0 Å². The van der Waals surface area contributed by atoms with Crippen LogP contribution in [-0.2, 0) is 7.05 Å². The average molecular weight is 388 g/mol. The van der Waals surface area contributed by atoms with Crippen molar-refractivity contribution in [2.45, 2.75) is 0 Å². The minimum Gasteiger partial charge on any atom is -0.455 e. The summed E-state index contributed by atoms with van der Waals surface area (Å²) < 4.78 is 7.56. The van der Waals surface area contributed by atoms with Crippen LogP contribution < -0.4 is 10.2 Å². The third kappa shape index (κ3) is 4.25. The highest BCUT2D eigenvalue weighted by Gasteiger charge is 2.09. The Hall–Kier alpha value is -2.76. The Labute approximate surface area is 160 Å². The van der Waals surface area contributed by atoms with Gasteiger partial charge in [0.05, 0.1) is 11.2 Å². The normalized spacial score (nSPS) is 10.9. The molecule has 0 atom stereocenters. The van der Waals surface area contributed by atoms with Gasteiger partial charge >= 0.3 is 0 Å². The summed E-state index contributed by atoms with van der Waals surface area (Å²) >= 11 is 12.0. The fraction of sp³-hybridized carbons (Fsp3) is 0.0526. The SMILES string of the molecule is Cn1cccc1C(=O)N/N=C/c1ccccc1Oc1ccc(Cl)cc1Cl. The summed E-state index contributed by atoms with van der Waals surface area (Å²) in [6.07, 6.45) is 3.30. The maximum Gasteiger partial charge on any atom is 0.287 e. The van der Waals surface area contributed by atoms with E-state index in [9.17, 15) is 4.79 Å². The second-order valence-electron chi connectivity index (χ2n) is 5.42. The topological polar surface area (TPSA) is 55.6 Å². The van der Waals surface area contributed by atoms with E-state index in [-0.39, 0.29) is 5.91 Å². The molecule has 26 heavy (non-hydrogen) atoms. The fourth-order valence-electron chi connectivity index (χ4n) is 2.27. The minimum atomic E-state index is -0.298. The zero-order chi connectivity index (χ0) is 18.5. The number of rotatable bonds is 5. The van der Waals surface area contributed by atoms with Gasteiger partial charge in [-0.05, 0) is 42.5 Å². The Morgan fingerprint density at radius 2 is 1.92 bits per heavy atom. The van der Waals surface area contributed by atoms with Crippen LogP contribution in [0.3, 0.4) is 0 Å². The number of aromatic nitrogens is 1. The summed E-state index contributed by atoms with van der Waals surface area (Å²) in [4.78, 5) is 12.1. The molecule has 0 aliphatic rings. The highest BCUT2D eigenvalue weighted by molar-refractivity contribution is 6.35. The number of nitrogens with zero attached hydrogens (tertiary/aromatic N) is 2. The van der Waals surface area contributed by atoms with Crippen molar-refractivity contribution < 1.29 is 9.53 Å². The van der Waals surface area contributed by atoms with Crippen LogP contribution in [0.15, 0.2) is 65.9 Å². The summed E-state index contributed by atoms with van der Waals surface area (Å²) in [5, 5.41) is 4.94. The zero-order valence-electron chi connectivity index (χ0n) is 13.8. The molecule has 1 heterocycles. The molecule has 3 aromatic rings. The molecule has 1 N–H and O–H groups in total. The van der Waals surface area contributed by atoms with Gasteiger partial charge < -0.3 is 9.30 Å². The lowest BCUT2D eigenvalue weighted by molar-refractivity contribution is 0.0947. The van der Waals surface area contributed by atoms with E-state index in [0.29, 0.717) is 32.8 Å². The number of hydrogen-bond donors (Lipinski definition) is 1. The number of aryl methyl sites for hydroxylation is 1. The molecular weight excluding hydrogens is 373 g/mol. The number of halogens is 2. The molecule has 0 bridgehead atoms. The first kappa shape index (κ1) is 18.0. The van der Waals surface area contributed by atoms with Crippen LogP contribution in [0.1, 0.15) is 16.1 Å². The molecule has 0 unspecified atom stereocenters. The van der Waals surface area contributed by atoms with Gasteiger partial charge in [0.1, 0.15) is 17.2 Å². The van der Waals surface area contributed by atoms with Crippen molar-refractivity contribution in [2.75, 3.05) is 0 Å². The van der Waals surface area contributed by atoms with Crippen molar-refractivity contribution in [1.29, 1.82) is 0 Å². The van der Waals surface area contributed by atoms with Crippen molar-refractivity contribution in [3.63, 3.8) is 0 Å². The quantitative estimate of drug-likeness (QED) is 0.500. The number of ether oxygens (including phenoxy) is 1. The van der Waals surface area contributed by atoms with E-state index in [1.54, 1.807) is 54.2 Å². The van der Waals surface area contributed by atoms with Crippen LogP contribution in [-0.4, -0.2) is 16.7 Å². The lowest BCUT2D eigenvalue weighted by atomic mass is 10.2. The van der Waals surface area contributed by atoms with Gasteiger partial charge in [0.25, 0.3) is 5.91 Å². The van der Waals surface area contributed by atoms with Crippen molar-refractivity contribution in [2.24, 2.45) is 12.1 Å². The number of carbonyl (C=O) groups is 1. The summed E-state index contributed by atoms with van der Waals surface area (Å²) in [5.74, 6) is 0.728. The van der Waals surface area contributed by atoms with E-state index in [4.69, 9.17) is 27.9 Å². The Balaban J connectivity index is 1.75. The molecule has 7 heteroatoms. The summed E-state index contributed by atoms with van der Waals surface area (Å²) in [6.45, 7) is 0. The molecule has 2 aromatic carbocycles. The van der Waals surface area contributed by atoms with Crippen molar-refractivity contribution in [1.82, 2.24) is 9.99 Å². The van der Waals surface area contributed by atoms with E-state index in [1.165, 1.54) is 6.21 Å². The summed E-state index contributed by atoms with van der Waals surface area (Å²) in [7, 11) is 1.79. The summed E-state index contributed by atoms with van der Waals surface area (Å²) in [6, 6.07) is 15.8. The number of para-hydroxylation sites is 1. The number of benzene rings is 2. The monoisotopic (exact) mass is 387 g/mol. The molecule has 132 valence electrons. The van der Waals surface area contributed by atoms with Crippen LogP contribution in [0.2, 0.25) is 10.0 Å².